The topological polar surface area (TPSA) is 101 Å². The lowest BCUT2D eigenvalue weighted by Crippen LogP contribution is -1.92. The molecule has 0 radical (unpaired) electrons. The molecular formula is C36H24O5. The van der Waals surface area contributed by atoms with Gasteiger partial charge in [-0.2, -0.15) is 0 Å². The molecule has 5 heteroatoms. The third-order valence-corrected chi connectivity index (χ3v) is 7.81. The maximum absolute atomic E-state index is 10.9. The second-order valence-corrected chi connectivity index (χ2v) is 10.1. The first-order chi connectivity index (χ1) is 19.9. The lowest BCUT2D eigenvalue weighted by molar-refractivity contribution is 0.330. The van der Waals surface area contributed by atoms with Gasteiger partial charge < -0.3 is 25.5 Å². The van der Waals surface area contributed by atoms with Crippen molar-refractivity contribution in [2.75, 3.05) is 0 Å². The number of rotatable bonds is 3. The van der Waals surface area contributed by atoms with Gasteiger partial charge in [-0.15, -0.1) is 0 Å². The zero-order valence-corrected chi connectivity index (χ0v) is 21.7. The van der Waals surface area contributed by atoms with Gasteiger partial charge in [0.2, 0.25) is 17.2 Å². The van der Waals surface area contributed by atoms with Crippen LogP contribution in [-0.2, 0) is 0 Å². The maximum atomic E-state index is 10.9. The van der Waals surface area contributed by atoms with E-state index in [4.69, 9.17) is 0 Å². The smallest absolute Gasteiger partial charge is 0.208 e. The number of hydrogen-bond donors (Lipinski definition) is 5. The molecule has 7 aromatic carbocycles. The van der Waals surface area contributed by atoms with E-state index in [9.17, 15) is 25.5 Å². The van der Waals surface area contributed by atoms with Gasteiger partial charge in [0.25, 0.3) is 0 Å². The van der Waals surface area contributed by atoms with Crippen LogP contribution in [0.15, 0.2) is 115 Å². The third kappa shape index (κ3) is 3.71. The molecular weight excluding hydrogens is 512 g/mol. The molecule has 0 saturated carbocycles. The highest BCUT2D eigenvalue weighted by Crippen LogP contribution is 2.57. The van der Waals surface area contributed by atoms with Crippen LogP contribution in [0.1, 0.15) is 0 Å². The maximum Gasteiger partial charge on any atom is 0.208 e. The molecule has 0 unspecified atom stereocenters. The van der Waals surface area contributed by atoms with Crippen molar-refractivity contribution < 1.29 is 25.5 Å². The number of phenols is 5. The van der Waals surface area contributed by atoms with Crippen LogP contribution < -0.4 is 0 Å². The Morgan fingerprint density at radius 1 is 0.293 bits per heavy atom. The van der Waals surface area contributed by atoms with Crippen molar-refractivity contribution in [2.45, 2.75) is 0 Å². The van der Waals surface area contributed by atoms with Gasteiger partial charge in [0.05, 0.1) is 5.56 Å². The Hall–Kier alpha value is -5.68. The van der Waals surface area contributed by atoms with Gasteiger partial charge in [0.15, 0.2) is 11.5 Å². The molecule has 7 aromatic rings. The predicted octanol–water partition coefficient (Wildman–Crippen LogP) is 8.68. The van der Waals surface area contributed by atoms with Crippen molar-refractivity contribution in [1.29, 1.82) is 0 Å². The summed E-state index contributed by atoms with van der Waals surface area (Å²) in [7, 11) is 0. The van der Waals surface area contributed by atoms with Gasteiger partial charge in [-0.3, -0.25) is 0 Å². The van der Waals surface area contributed by atoms with E-state index in [-0.39, 0.29) is 5.56 Å². The van der Waals surface area contributed by atoms with Crippen LogP contribution in [0.25, 0.3) is 65.7 Å². The first-order valence-electron chi connectivity index (χ1n) is 13.2. The van der Waals surface area contributed by atoms with Crippen molar-refractivity contribution >= 4 is 32.3 Å². The summed E-state index contributed by atoms with van der Waals surface area (Å²) >= 11 is 0. The lowest BCUT2D eigenvalue weighted by atomic mass is 9.85. The second kappa shape index (κ2) is 9.21. The van der Waals surface area contributed by atoms with Gasteiger partial charge in [-0.1, -0.05) is 109 Å². The molecule has 0 heterocycles. The molecule has 0 aliphatic heterocycles. The summed E-state index contributed by atoms with van der Waals surface area (Å²) in [4.78, 5) is 0. The molecule has 0 aliphatic rings. The Balaban J connectivity index is 1.48. The van der Waals surface area contributed by atoms with Crippen LogP contribution in [0.2, 0.25) is 0 Å². The Labute approximate surface area is 235 Å². The monoisotopic (exact) mass is 536 g/mol. The number of benzene rings is 7. The number of phenolic OH excluding ortho intramolecular Hbond substituents is 5. The van der Waals surface area contributed by atoms with Gasteiger partial charge in [0.1, 0.15) is 0 Å². The molecule has 41 heavy (non-hydrogen) atoms. The molecule has 7 rings (SSSR count). The summed E-state index contributed by atoms with van der Waals surface area (Å²) < 4.78 is 0. The van der Waals surface area contributed by atoms with E-state index < -0.39 is 28.7 Å². The minimum absolute atomic E-state index is 0.164. The fraction of sp³-hybridized carbons (Fsp3) is 0. The first kappa shape index (κ1) is 24.4. The molecule has 198 valence electrons. The fourth-order valence-electron chi connectivity index (χ4n) is 5.83. The van der Waals surface area contributed by atoms with E-state index in [2.05, 4.69) is 54.6 Å². The Bertz CT molecular complexity index is 2060. The average molecular weight is 537 g/mol. The summed E-state index contributed by atoms with van der Waals surface area (Å²) in [6.07, 6.45) is 0. The molecule has 0 amide bonds. The minimum Gasteiger partial charge on any atom is -0.504 e. The summed E-state index contributed by atoms with van der Waals surface area (Å²) in [5.74, 6) is -4.24. The molecule has 5 N–H and O–H groups in total. The minimum atomic E-state index is -0.986. The standard InChI is InChI=1S/C36H24O5/c37-32-31(33(38)35(40)36(41)34(32)39)30-27-11-5-3-9-25(27)29(26-10-4-6-12-28(26)30)22-16-13-21(14-17-22)24-18-15-20-7-1-2-8-23(20)19-24/h1-19,37-41H. The van der Waals surface area contributed by atoms with Crippen molar-refractivity contribution in [2.24, 2.45) is 0 Å². The van der Waals surface area contributed by atoms with Crippen LogP contribution in [0, 0.1) is 0 Å². The molecule has 0 saturated heterocycles. The molecule has 0 atom stereocenters. The van der Waals surface area contributed by atoms with E-state index >= 15 is 0 Å². The van der Waals surface area contributed by atoms with E-state index in [0.717, 1.165) is 33.0 Å². The Morgan fingerprint density at radius 3 is 1.27 bits per heavy atom. The second-order valence-electron chi connectivity index (χ2n) is 10.1. The highest BCUT2D eigenvalue weighted by molar-refractivity contribution is 6.22. The number of hydrogen-bond acceptors (Lipinski definition) is 5. The molecule has 5 nitrogen and oxygen atoms in total. The third-order valence-electron chi connectivity index (χ3n) is 7.81. The first-order valence-corrected chi connectivity index (χ1v) is 13.2. The fourth-order valence-corrected chi connectivity index (χ4v) is 5.83. The zero-order chi connectivity index (χ0) is 28.2. The Morgan fingerprint density at radius 2 is 0.707 bits per heavy atom. The Kier molecular flexibility index (Phi) is 5.47. The molecule has 0 fully saturated rings. The van der Waals surface area contributed by atoms with E-state index in [1.165, 1.54) is 10.8 Å². The number of fused-ring (bicyclic) bond motifs is 3. The van der Waals surface area contributed by atoms with E-state index in [1.807, 2.05) is 60.7 Å². The van der Waals surface area contributed by atoms with Crippen LogP contribution >= 0.6 is 0 Å². The van der Waals surface area contributed by atoms with E-state index in [0.29, 0.717) is 16.3 Å². The van der Waals surface area contributed by atoms with Gasteiger partial charge in [-0.25, -0.2) is 0 Å². The molecule has 0 aliphatic carbocycles. The summed E-state index contributed by atoms with van der Waals surface area (Å²) in [6, 6.07) is 38.3. The zero-order valence-electron chi connectivity index (χ0n) is 21.7. The van der Waals surface area contributed by atoms with Crippen LogP contribution in [0.3, 0.4) is 0 Å². The summed E-state index contributed by atoms with van der Waals surface area (Å²) in [5.41, 5.74) is 4.43. The van der Waals surface area contributed by atoms with Crippen molar-refractivity contribution in [1.82, 2.24) is 0 Å². The lowest BCUT2D eigenvalue weighted by Gasteiger charge is -2.20. The van der Waals surface area contributed by atoms with Gasteiger partial charge in [-0.05, 0) is 60.6 Å². The average Bonchev–Trinajstić information content (AvgIpc) is 3.02. The molecule has 0 aromatic heterocycles. The normalized spacial score (nSPS) is 11.4. The van der Waals surface area contributed by atoms with E-state index in [1.54, 1.807) is 0 Å². The van der Waals surface area contributed by atoms with Crippen LogP contribution in [-0.4, -0.2) is 25.5 Å². The molecule has 0 spiro atoms. The van der Waals surface area contributed by atoms with Crippen molar-refractivity contribution in [3.8, 4) is 62.1 Å². The number of aromatic hydroxyl groups is 5. The van der Waals surface area contributed by atoms with Crippen molar-refractivity contribution in [3.63, 3.8) is 0 Å². The highest BCUT2D eigenvalue weighted by Gasteiger charge is 2.27. The summed E-state index contributed by atoms with van der Waals surface area (Å²) in [6.45, 7) is 0. The van der Waals surface area contributed by atoms with Gasteiger partial charge in [0, 0.05) is 5.56 Å². The summed E-state index contributed by atoms with van der Waals surface area (Å²) in [5, 5.41) is 57.9. The predicted molar refractivity (Wildman–Crippen MR) is 164 cm³/mol. The quantitative estimate of drug-likeness (QED) is 0.0884. The highest BCUT2D eigenvalue weighted by atomic mass is 16.4. The largest absolute Gasteiger partial charge is 0.504 e. The van der Waals surface area contributed by atoms with Crippen LogP contribution in [0.5, 0.6) is 28.7 Å². The molecule has 0 bridgehead atoms. The van der Waals surface area contributed by atoms with Crippen LogP contribution in [0.4, 0.5) is 0 Å². The van der Waals surface area contributed by atoms with Gasteiger partial charge >= 0.3 is 0 Å². The SMILES string of the molecule is Oc1c(O)c(O)c(-c2c3ccccc3c(-c3ccc(-c4ccc5ccccc5c4)cc3)c3ccccc23)c(O)c1O. The van der Waals surface area contributed by atoms with Crippen molar-refractivity contribution in [3.05, 3.63) is 115 Å².